The Morgan fingerprint density at radius 1 is 1.35 bits per heavy atom. The van der Waals surface area contributed by atoms with Crippen molar-refractivity contribution in [3.05, 3.63) is 36.4 Å². The van der Waals surface area contributed by atoms with E-state index in [1.165, 1.54) is 12.4 Å². The minimum Gasteiger partial charge on any atom is -0.489 e. The van der Waals surface area contributed by atoms with Crippen LogP contribution in [0.5, 0.6) is 5.75 Å². The van der Waals surface area contributed by atoms with Crippen molar-refractivity contribution in [1.82, 2.24) is 19.4 Å². The maximum atomic E-state index is 9.80. The Bertz CT molecular complexity index is 897. The molecule has 0 aliphatic carbocycles. The maximum absolute atomic E-state index is 9.80. The monoisotopic (exact) mass is 312 g/mol. The van der Waals surface area contributed by atoms with E-state index in [1.807, 2.05) is 0 Å². The molecule has 0 fully saturated rings. The Kier molecular flexibility index (Phi) is 3.42. The van der Waals surface area contributed by atoms with Gasteiger partial charge in [-0.2, -0.15) is 15.5 Å². The summed E-state index contributed by atoms with van der Waals surface area (Å²) in [5.41, 5.74) is 6.90. The minimum atomic E-state index is -0.965. The number of fused-ring (bicyclic) bond motifs is 1. The zero-order valence-corrected chi connectivity index (χ0v) is 12.8. The lowest BCUT2D eigenvalue weighted by molar-refractivity contribution is 0.0283. The third kappa shape index (κ3) is 2.95. The lowest BCUT2D eigenvalue weighted by Crippen LogP contribution is -2.28. The number of rotatable bonds is 4. The molecule has 0 spiro atoms. The van der Waals surface area contributed by atoms with Gasteiger partial charge in [-0.05, 0) is 13.8 Å². The van der Waals surface area contributed by atoms with Crippen LogP contribution in [0.3, 0.4) is 0 Å². The van der Waals surface area contributed by atoms with Gasteiger partial charge in [0, 0.05) is 6.07 Å². The maximum Gasteiger partial charge on any atom is 0.140 e. The molecule has 8 heteroatoms. The van der Waals surface area contributed by atoms with Crippen LogP contribution in [0, 0.1) is 11.3 Å². The Morgan fingerprint density at radius 2 is 2.13 bits per heavy atom. The molecule has 3 aromatic rings. The highest BCUT2D eigenvalue weighted by Crippen LogP contribution is 2.25. The second kappa shape index (κ2) is 5.30. The van der Waals surface area contributed by atoms with Gasteiger partial charge >= 0.3 is 0 Å². The van der Waals surface area contributed by atoms with Crippen molar-refractivity contribution < 1.29 is 9.84 Å². The third-order valence-electron chi connectivity index (χ3n) is 3.13. The summed E-state index contributed by atoms with van der Waals surface area (Å²) in [7, 11) is 0. The summed E-state index contributed by atoms with van der Waals surface area (Å²) in [6.07, 6.45) is 6.29. The van der Waals surface area contributed by atoms with Gasteiger partial charge in [0.15, 0.2) is 0 Å². The molecule has 3 rings (SSSR count). The summed E-state index contributed by atoms with van der Waals surface area (Å²) >= 11 is 0. The van der Waals surface area contributed by atoms with Gasteiger partial charge in [0.1, 0.15) is 23.9 Å². The minimum absolute atomic E-state index is 0.117. The van der Waals surface area contributed by atoms with E-state index in [0.717, 1.165) is 0 Å². The van der Waals surface area contributed by atoms with Crippen LogP contribution >= 0.6 is 0 Å². The summed E-state index contributed by atoms with van der Waals surface area (Å²) in [5, 5.41) is 27.4. The zero-order chi connectivity index (χ0) is 16.6. The molecule has 0 bridgehead atoms. The first-order valence-electron chi connectivity index (χ1n) is 6.94. The van der Waals surface area contributed by atoms with Crippen LogP contribution in [0.2, 0.25) is 0 Å². The number of pyridine rings is 1. The molecule has 8 nitrogen and oxygen atoms in total. The molecule has 3 heterocycles. The number of nitrogens with zero attached hydrogens (tertiary/aromatic N) is 5. The van der Waals surface area contributed by atoms with Crippen molar-refractivity contribution in [2.24, 2.45) is 0 Å². The van der Waals surface area contributed by atoms with Crippen LogP contribution < -0.4 is 10.5 Å². The van der Waals surface area contributed by atoms with Crippen molar-refractivity contribution in [2.45, 2.75) is 19.4 Å². The summed E-state index contributed by atoms with van der Waals surface area (Å²) in [6, 6.07) is 3.84. The van der Waals surface area contributed by atoms with E-state index in [9.17, 15) is 10.4 Å². The van der Waals surface area contributed by atoms with E-state index in [-0.39, 0.29) is 6.61 Å². The SMILES string of the molecule is CC(C)(O)COc1cc(-n2cc(N)cn2)c2c(C#N)cnn2c1. The fourth-order valence-electron chi connectivity index (χ4n) is 2.14. The average Bonchev–Trinajstić information content (AvgIpc) is 3.09. The van der Waals surface area contributed by atoms with E-state index >= 15 is 0 Å². The molecule has 3 aromatic heterocycles. The molecule has 0 radical (unpaired) electrons. The Morgan fingerprint density at radius 3 is 2.74 bits per heavy atom. The van der Waals surface area contributed by atoms with Crippen LogP contribution in [0.1, 0.15) is 19.4 Å². The highest BCUT2D eigenvalue weighted by atomic mass is 16.5. The standard InChI is InChI=1S/C15H16N6O2/c1-15(2,22)9-23-12-3-13(20-7-11(17)6-19-20)14-10(4-16)5-18-21(14)8-12/h3,5-8,22H,9,17H2,1-2H3. The number of aromatic nitrogens is 4. The highest BCUT2D eigenvalue weighted by Gasteiger charge is 2.17. The van der Waals surface area contributed by atoms with Crippen molar-refractivity contribution in [3.63, 3.8) is 0 Å². The van der Waals surface area contributed by atoms with Crippen LogP contribution in [0.4, 0.5) is 5.69 Å². The van der Waals surface area contributed by atoms with Gasteiger partial charge in [-0.25, -0.2) is 9.20 Å². The number of nitrogens with two attached hydrogens (primary N) is 1. The Hall–Kier alpha value is -3.05. The molecule has 0 aromatic carbocycles. The second-order valence-electron chi connectivity index (χ2n) is 5.84. The Balaban J connectivity index is 2.14. The molecular weight excluding hydrogens is 296 g/mol. The quantitative estimate of drug-likeness (QED) is 0.746. The van der Waals surface area contributed by atoms with E-state index in [4.69, 9.17) is 10.5 Å². The molecule has 0 amide bonds. The Labute approximate surface area is 132 Å². The zero-order valence-electron chi connectivity index (χ0n) is 12.8. The number of hydrogen-bond donors (Lipinski definition) is 2. The average molecular weight is 312 g/mol. The van der Waals surface area contributed by atoms with Gasteiger partial charge in [-0.1, -0.05) is 0 Å². The third-order valence-corrected chi connectivity index (χ3v) is 3.13. The molecule has 0 aliphatic rings. The van der Waals surface area contributed by atoms with Crippen LogP contribution in [0.25, 0.3) is 11.2 Å². The van der Waals surface area contributed by atoms with Gasteiger partial charge in [-0.3, -0.25) is 0 Å². The second-order valence-corrected chi connectivity index (χ2v) is 5.84. The summed E-state index contributed by atoms with van der Waals surface area (Å²) < 4.78 is 8.73. The molecule has 0 saturated carbocycles. The lowest BCUT2D eigenvalue weighted by Gasteiger charge is -2.18. The van der Waals surface area contributed by atoms with Crippen molar-refractivity contribution in [3.8, 4) is 17.5 Å². The first kappa shape index (κ1) is 14.9. The molecule has 0 aliphatic heterocycles. The fraction of sp³-hybridized carbons (Fsp3) is 0.267. The van der Waals surface area contributed by atoms with Gasteiger partial charge in [0.25, 0.3) is 0 Å². The van der Waals surface area contributed by atoms with Gasteiger partial charge in [0.2, 0.25) is 0 Å². The first-order chi connectivity index (χ1) is 10.9. The van der Waals surface area contributed by atoms with Crippen LogP contribution in [-0.2, 0) is 0 Å². The van der Waals surface area contributed by atoms with Crippen molar-refractivity contribution >= 4 is 11.2 Å². The van der Waals surface area contributed by atoms with Gasteiger partial charge in [-0.15, -0.1) is 0 Å². The number of anilines is 1. The number of nitrogen functional groups attached to an aromatic ring is 1. The van der Waals surface area contributed by atoms with Gasteiger partial charge < -0.3 is 15.6 Å². The number of hydrogen-bond acceptors (Lipinski definition) is 6. The van der Waals surface area contributed by atoms with Crippen molar-refractivity contribution in [2.75, 3.05) is 12.3 Å². The molecule has 0 saturated heterocycles. The van der Waals surface area contributed by atoms with E-state index in [0.29, 0.717) is 28.2 Å². The highest BCUT2D eigenvalue weighted by molar-refractivity contribution is 5.73. The molecule has 0 unspecified atom stereocenters. The topological polar surface area (TPSA) is 114 Å². The lowest BCUT2D eigenvalue weighted by atomic mass is 10.2. The number of aliphatic hydroxyl groups is 1. The van der Waals surface area contributed by atoms with Crippen molar-refractivity contribution in [1.29, 1.82) is 5.26 Å². The summed E-state index contributed by atoms with van der Waals surface area (Å²) in [5.74, 6) is 0.497. The van der Waals surface area contributed by atoms with Crippen LogP contribution in [0.15, 0.2) is 30.9 Å². The smallest absolute Gasteiger partial charge is 0.140 e. The molecule has 118 valence electrons. The first-order valence-corrected chi connectivity index (χ1v) is 6.94. The summed E-state index contributed by atoms with van der Waals surface area (Å²) in [6.45, 7) is 3.43. The van der Waals surface area contributed by atoms with Crippen LogP contribution in [-0.4, -0.2) is 36.7 Å². The molecular formula is C15H16N6O2. The summed E-state index contributed by atoms with van der Waals surface area (Å²) in [4.78, 5) is 0. The van der Waals surface area contributed by atoms with Gasteiger partial charge in [0.05, 0.1) is 47.3 Å². The number of ether oxygens (including phenoxy) is 1. The predicted molar refractivity (Wildman–Crippen MR) is 83.2 cm³/mol. The predicted octanol–water partition coefficient (Wildman–Crippen LogP) is 1.12. The fourth-order valence-corrected chi connectivity index (χ4v) is 2.14. The molecule has 0 atom stereocenters. The normalized spacial score (nSPS) is 11.6. The largest absolute Gasteiger partial charge is 0.489 e. The molecule has 23 heavy (non-hydrogen) atoms. The van der Waals surface area contributed by atoms with E-state index in [1.54, 1.807) is 41.5 Å². The van der Waals surface area contributed by atoms with E-state index < -0.39 is 5.60 Å². The number of nitriles is 1. The molecule has 3 N–H and O–H groups in total. The van der Waals surface area contributed by atoms with E-state index in [2.05, 4.69) is 16.3 Å².